The van der Waals surface area contributed by atoms with Crippen LogP contribution in [0.25, 0.3) is 0 Å². The highest BCUT2D eigenvalue weighted by atomic mass is 16.6. The highest BCUT2D eigenvalue weighted by Gasteiger charge is 2.41. The molecule has 4 aromatic rings. The summed E-state index contributed by atoms with van der Waals surface area (Å²) in [6.07, 6.45) is 0.428. The van der Waals surface area contributed by atoms with Gasteiger partial charge < -0.3 is 9.64 Å². The lowest BCUT2D eigenvalue weighted by atomic mass is 9.77. The number of nitrogens with zero attached hydrogens (tertiary/aromatic N) is 6. The van der Waals surface area contributed by atoms with Gasteiger partial charge in [-0.2, -0.15) is 0 Å². The minimum Gasteiger partial charge on any atom is -0.444 e. The summed E-state index contributed by atoms with van der Waals surface area (Å²) in [6.45, 7) is 9.31. The lowest BCUT2D eigenvalue weighted by molar-refractivity contribution is 0.0145. The van der Waals surface area contributed by atoms with Crippen molar-refractivity contribution in [1.29, 1.82) is 0 Å². The van der Waals surface area contributed by atoms with Gasteiger partial charge in [0.25, 0.3) is 0 Å². The van der Waals surface area contributed by atoms with E-state index in [4.69, 9.17) is 4.74 Å². The summed E-state index contributed by atoms with van der Waals surface area (Å²) in [5.41, 5.74) is 2.03. The summed E-state index contributed by atoms with van der Waals surface area (Å²) in [6, 6.07) is 31.3. The molecule has 5 rings (SSSR count). The Balaban J connectivity index is 1.43. The molecule has 1 aliphatic rings. The van der Waals surface area contributed by atoms with Gasteiger partial charge in [-0.25, -0.2) is 9.48 Å². The molecule has 202 valence electrons. The van der Waals surface area contributed by atoms with E-state index in [1.807, 2.05) is 43.7 Å². The van der Waals surface area contributed by atoms with Gasteiger partial charge in [-0.05, 0) is 47.9 Å². The zero-order chi connectivity index (χ0) is 27.3. The minimum absolute atomic E-state index is 0.246. The second-order valence-corrected chi connectivity index (χ2v) is 10.9. The average molecular weight is 525 g/mol. The third-order valence-corrected chi connectivity index (χ3v) is 7.10. The molecule has 1 fully saturated rings. The third kappa shape index (κ3) is 5.71. The predicted octanol–water partition coefficient (Wildman–Crippen LogP) is 4.61. The fraction of sp³-hybridized carbons (Fsp3) is 0.355. The first kappa shape index (κ1) is 26.6. The molecular weight excluding hydrogens is 488 g/mol. The van der Waals surface area contributed by atoms with Crippen molar-refractivity contribution in [2.75, 3.05) is 32.7 Å². The van der Waals surface area contributed by atoms with E-state index in [2.05, 4.69) is 93.2 Å². The fourth-order valence-electron chi connectivity index (χ4n) is 5.27. The highest BCUT2D eigenvalue weighted by Crippen LogP contribution is 2.40. The second-order valence-electron chi connectivity index (χ2n) is 10.9. The summed E-state index contributed by atoms with van der Waals surface area (Å²) < 4.78 is 7.54. The molecule has 8 heteroatoms. The molecule has 3 aromatic carbocycles. The van der Waals surface area contributed by atoms with Gasteiger partial charge in [-0.15, -0.1) is 5.10 Å². The number of tetrazole rings is 1. The van der Waals surface area contributed by atoms with Crippen LogP contribution >= 0.6 is 0 Å². The standard InChI is InChI=1S/C31H36N6O2/c1-30(2,3)39-29(38)36-23-21-35(22-24-36)20-19-28-32-33-34-37(28)31(25-13-7-4-8-14-25,26-15-9-5-10-16-26)27-17-11-6-12-18-27/h4-18H,19-24H2,1-3H3. The molecule has 1 saturated heterocycles. The van der Waals surface area contributed by atoms with Gasteiger partial charge >= 0.3 is 6.09 Å². The van der Waals surface area contributed by atoms with Crippen LogP contribution in [0.4, 0.5) is 4.79 Å². The molecule has 0 aliphatic carbocycles. The Labute approximate surface area is 230 Å². The van der Waals surface area contributed by atoms with E-state index in [1.165, 1.54) is 0 Å². The number of ether oxygens (including phenoxy) is 1. The van der Waals surface area contributed by atoms with Gasteiger partial charge in [-0.3, -0.25) is 4.90 Å². The molecule has 0 unspecified atom stereocenters. The molecule has 0 spiro atoms. The van der Waals surface area contributed by atoms with Crippen LogP contribution in [-0.2, 0) is 16.7 Å². The number of hydrogen-bond acceptors (Lipinski definition) is 6. The molecule has 0 atom stereocenters. The summed E-state index contributed by atoms with van der Waals surface area (Å²) in [4.78, 5) is 16.6. The van der Waals surface area contributed by atoms with Gasteiger partial charge in [-0.1, -0.05) is 91.0 Å². The first-order valence-corrected chi connectivity index (χ1v) is 13.5. The molecule has 0 N–H and O–H groups in total. The Morgan fingerprint density at radius 1 is 0.769 bits per heavy atom. The Hall–Kier alpha value is -4.04. The molecule has 2 heterocycles. The quantitative estimate of drug-likeness (QED) is 0.329. The van der Waals surface area contributed by atoms with Crippen molar-refractivity contribution in [2.45, 2.75) is 38.3 Å². The van der Waals surface area contributed by atoms with Crippen molar-refractivity contribution in [3.8, 4) is 0 Å². The van der Waals surface area contributed by atoms with Crippen molar-refractivity contribution >= 4 is 6.09 Å². The van der Waals surface area contributed by atoms with Crippen molar-refractivity contribution < 1.29 is 9.53 Å². The van der Waals surface area contributed by atoms with Gasteiger partial charge in [0.1, 0.15) is 11.1 Å². The number of benzene rings is 3. The number of rotatable bonds is 7. The lowest BCUT2D eigenvalue weighted by Gasteiger charge is -2.37. The van der Waals surface area contributed by atoms with Crippen molar-refractivity contribution in [3.63, 3.8) is 0 Å². The van der Waals surface area contributed by atoms with Crippen LogP contribution in [0.15, 0.2) is 91.0 Å². The zero-order valence-electron chi connectivity index (χ0n) is 22.9. The predicted molar refractivity (Wildman–Crippen MR) is 150 cm³/mol. The van der Waals surface area contributed by atoms with Gasteiger partial charge in [0.15, 0.2) is 5.82 Å². The van der Waals surface area contributed by atoms with E-state index in [0.29, 0.717) is 19.5 Å². The molecule has 1 amide bonds. The van der Waals surface area contributed by atoms with Crippen LogP contribution in [0, 0.1) is 0 Å². The van der Waals surface area contributed by atoms with Crippen LogP contribution < -0.4 is 0 Å². The maximum atomic E-state index is 12.5. The maximum Gasteiger partial charge on any atom is 0.410 e. The number of carbonyl (C=O) groups excluding carboxylic acids is 1. The smallest absolute Gasteiger partial charge is 0.410 e. The molecule has 8 nitrogen and oxygen atoms in total. The van der Waals surface area contributed by atoms with Crippen LogP contribution in [-0.4, -0.2) is 74.4 Å². The Morgan fingerprint density at radius 2 is 1.26 bits per heavy atom. The Morgan fingerprint density at radius 3 is 1.72 bits per heavy atom. The summed E-state index contributed by atoms with van der Waals surface area (Å²) >= 11 is 0. The van der Waals surface area contributed by atoms with E-state index in [0.717, 1.165) is 42.1 Å². The largest absolute Gasteiger partial charge is 0.444 e. The van der Waals surface area contributed by atoms with Gasteiger partial charge in [0.05, 0.1) is 0 Å². The van der Waals surface area contributed by atoms with Crippen molar-refractivity contribution in [3.05, 3.63) is 114 Å². The summed E-state index contributed by atoms with van der Waals surface area (Å²) in [5.74, 6) is 0.807. The number of hydrogen-bond donors (Lipinski definition) is 0. The van der Waals surface area contributed by atoms with E-state index >= 15 is 0 Å². The normalized spacial score (nSPS) is 14.8. The van der Waals surface area contributed by atoms with Crippen molar-refractivity contribution in [1.82, 2.24) is 30.0 Å². The first-order chi connectivity index (χ1) is 18.9. The highest BCUT2D eigenvalue weighted by molar-refractivity contribution is 5.68. The van der Waals surface area contributed by atoms with Crippen LogP contribution in [0.1, 0.15) is 43.3 Å². The number of carbonyl (C=O) groups is 1. The number of piperazine rings is 1. The Bertz CT molecular complexity index is 1250. The minimum atomic E-state index is -0.738. The molecule has 1 aliphatic heterocycles. The lowest BCUT2D eigenvalue weighted by Crippen LogP contribution is -2.50. The molecule has 39 heavy (non-hydrogen) atoms. The SMILES string of the molecule is CC(C)(C)OC(=O)N1CCN(CCc2nnnn2C(c2ccccc2)(c2ccccc2)c2ccccc2)CC1. The van der Waals surface area contributed by atoms with Crippen molar-refractivity contribution in [2.24, 2.45) is 0 Å². The fourth-order valence-corrected chi connectivity index (χ4v) is 5.27. The van der Waals surface area contributed by atoms with Crippen LogP contribution in [0.2, 0.25) is 0 Å². The number of amides is 1. The molecule has 0 saturated carbocycles. The van der Waals surface area contributed by atoms with E-state index in [-0.39, 0.29) is 6.09 Å². The molecule has 0 bridgehead atoms. The average Bonchev–Trinajstić information content (AvgIpc) is 3.42. The summed E-state index contributed by atoms with van der Waals surface area (Å²) in [7, 11) is 0. The van der Waals surface area contributed by atoms with Gasteiger partial charge in [0, 0.05) is 39.1 Å². The topological polar surface area (TPSA) is 76.4 Å². The van der Waals surface area contributed by atoms with E-state index in [9.17, 15) is 4.79 Å². The Kier molecular flexibility index (Phi) is 7.74. The van der Waals surface area contributed by atoms with Crippen LogP contribution in [0.5, 0.6) is 0 Å². The van der Waals surface area contributed by atoms with Crippen LogP contribution in [0.3, 0.4) is 0 Å². The second kappa shape index (κ2) is 11.4. The molecule has 0 radical (unpaired) electrons. The molecular formula is C31H36N6O2. The number of aromatic nitrogens is 4. The summed E-state index contributed by atoms with van der Waals surface area (Å²) in [5, 5.41) is 13.3. The van der Waals surface area contributed by atoms with E-state index < -0.39 is 11.1 Å². The molecule has 1 aromatic heterocycles. The van der Waals surface area contributed by atoms with E-state index in [1.54, 1.807) is 4.90 Å². The van der Waals surface area contributed by atoms with Gasteiger partial charge in [0.2, 0.25) is 0 Å². The first-order valence-electron chi connectivity index (χ1n) is 13.5. The monoisotopic (exact) mass is 524 g/mol. The third-order valence-electron chi connectivity index (χ3n) is 7.10. The zero-order valence-corrected chi connectivity index (χ0v) is 22.9. The maximum absolute atomic E-state index is 12.5.